The fourth-order valence-electron chi connectivity index (χ4n) is 3.65. The predicted octanol–water partition coefficient (Wildman–Crippen LogP) is 2.88. The highest BCUT2D eigenvalue weighted by Gasteiger charge is 2.23. The zero-order chi connectivity index (χ0) is 15.4. The summed E-state index contributed by atoms with van der Waals surface area (Å²) < 4.78 is 1.98. The van der Waals surface area contributed by atoms with Crippen molar-refractivity contribution in [3.05, 3.63) is 18.0 Å². The maximum atomic E-state index is 12.7. The summed E-state index contributed by atoms with van der Waals surface area (Å²) in [5.41, 5.74) is 0.612. The second-order valence-corrected chi connectivity index (χ2v) is 6.68. The summed E-state index contributed by atoms with van der Waals surface area (Å²) in [7, 11) is 0. The van der Waals surface area contributed by atoms with E-state index in [-0.39, 0.29) is 18.3 Å². The van der Waals surface area contributed by atoms with Crippen molar-refractivity contribution in [3.63, 3.8) is 0 Å². The average molecular weight is 341 g/mol. The van der Waals surface area contributed by atoms with Crippen molar-refractivity contribution >= 4 is 18.3 Å². The van der Waals surface area contributed by atoms with Crippen molar-refractivity contribution in [2.45, 2.75) is 51.5 Å². The third kappa shape index (κ3) is 4.48. The van der Waals surface area contributed by atoms with Gasteiger partial charge in [0, 0.05) is 25.8 Å². The minimum atomic E-state index is 0. The van der Waals surface area contributed by atoms with E-state index in [1.165, 1.54) is 19.3 Å². The van der Waals surface area contributed by atoms with Gasteiger partial charge in [-0.2, -0.15) is 5.10 Å². The lowest BCUT2D eigenvalue weighted by Gasteiger charge is -2.23. The summed E-state index contributed by atoms with van der Waals surface area (Å²) in [6, 6.07) is 2.28. The van der Waals surface area contributed by atoms with Gasteiger partial charge in [0.2, 0.25) is 0 Å². The van der Waals surface area contributed by atoms with Crippen LogP contribution in [0.4, 0.5) is 0 Å². The normalized spacial score (nSPS) is 25.5. The number of carbonyl (C=O) groups excluding carboxylic acids is 1. The highest BCUT2D eigenvalue weighted by atomic mass is 35.5. The Kier molecular flexibility index (Phi) is 6.90. The molecule has 1 amide bonds. The monoisotopic (exact) mass is 340 g/mol. The number of hydrogen-bond donors (Lipinski definition) is 1. The summed E-state index contributed by atoms with van der Waals surface area (Å²) in [6.45, 7) is 6.07. The number of rotatable bonds is 3. The summed E-state index contributed by atoms with van der Waals surface area (Å²) in [4.78, 5) is 14.7. The molecule has 0 saturated carbocycles. The molecule has 5 nitrogen and oxygen atoms in total. The molecule has 2 fully saturated rings. The first-order chi connectivity index (χ1) is 10.8. The Morgan fingerprint density at radius 2 is 2.17 bits per heavy atom. The van der Waals surface area contributed by atoms with Gasteiger partial charge in [-0.1, -0.05) is 13.3 Å². The van der Waals surface area contributed by atoms with E-state index in [1.54, 1.807) is 0 Å². The highest BCUT2D eigenvalue weighted by Crippen LogP contribution is 2.21. The molecular weight excluding hydrogens is 312 g/mol. The van der Waals surface area contributed by atoms with Gasteiger partial charge in [-0.15, -0.1) is 12.4 Å². The number of amides is 1. The molecule has 6 heteroatoms. The summed E-state index contributed by atoms with van der Waals surface area (Å²) in [5, 5.41) is 7.96. The highest BCUT2D eigenvalue weighted by molar-refractivity contribution is 5.92. The van der Waals surface area contributed by atoms with Crippen molar-refractivity contribution in [1.29, 1.82) is 0 Å². The summed E-state index contributed by atoms with van der Waals surface area (Å²) in [6.07, 6.45) is 9.03. The van der Waals surface area contributed by atoms with Gasteiger partial charge in [0.1, 0.15) is 5.69 Å². The molecule has 2 unspecified atom stereocenters. The minimum absolute atomic E-state index is 0. The van der Waals surface area contributed by atoms with E-state index in [4.69, 9.17) is 0 Å². The van der Waals surface area contributed by atoms with Gasteiger partial charge in [0.25, 0.3) is 5.91 Å². The van der Waals surface area contributed by atoms with Crippen molar-refractivity contribution in [1.82, 2.24) is 20.0 Å². The Bertz CT molecular complexity index is 499. The van der Waals surface area contributed by atoms with Crippen LogP contribution in [0.5, 0.6) is 0 Å². The number of hydrogen-bond acceptors (Lipinski definition) is 3. The molecule has 0 aliphatic carbocycles. The Morgan fingerprint density at radius 1 is 1.30 bits per heavy atom. The van der Waals surface area contributed by atoms with Crippen molar-refractivity contribution in [2.24, 2.45) is 5.92 Å². The van der Waals surface area contributed by atoms with Crippen LogP contribution in [-0.2, 0) is 0 Å². The van der Waals surface area contributed by atoms with Crippen LogP contribution in [0.2, 0.25) is 0 Å². The van der Waals surface area contributed by atoms with Crippen molar-refractivity contribution < 1.29 is 4.79 Å². The minimum Gasteiger partial charge on any atom is -0.337 e. The van der Waals surface area contributed by atoms with E-state index in [2.05, 4.69) is 17.3 Å². The molecule has 0 bridgehead atoms. The maximum absolute atomic E-state index is 12.7. The number of aromatic nitrogens is 2. The van der Waals surface area contributed by atoms with Crippen LogP contribution < -0.4 is 5.32 Å². The standard InChI is InChI=1S/C17H28N4O.ClH/c1-2-14-5-4-10-20(11-7-14)17(22)16-8-12-21(19-16)15-6-3-9-18-13-15;/h8,12,14-15,18H,2-7,9-11,13H2,1H3;1H. The first-order valence-corrected chi connectivity index (χ1v) is 8.83. The second kappa shape index (κ2) is 8.69. The second-order valence-electron chi connectivity index (χ2n) is 6.68. The van der Waals surface area contributed by atoms with Crippen LogP contribution in [0.15, 0.2) is 12.3 Å². The molecule has 23 heavy (non-hydrogen) atoms. The smallest absolute Gasteiger partial charge is 0.274 e. The molecule has 130 valence electrons. The fourth-order valence-corrected chi connectivity index (χ4v) is 3.65. The van der Waals surface area contributed by atoms with Crippen LogP contribution in [0.3, 0.4) is 0 Å². The Balaban J connectivity index is 0.00000192. The zero-order valence-electron chi connectivity index (χ0n) is 14.0. The molecule has 0 spiro atoms. The van der Waals surface area contributed by atoms with Gasteiger partial charge in [-0.3, -0.25) is 9.48 Å². The van der Waals surface area contributed by atoms with E-state index in [9.17, 15) is 4.79 Å². The molecular formula is C17H29ClN4O. The Labute approximate surface area is 145 Å². The molecule has 0 aromatic carbocycles. The van der Waals surface area contributed by atoms with Gasteiger partial charge in [-0.05, 0) is 50.6 Å². The summed E-state index contributed by atoms with van der Waals surface area (Å²) in [5.74, 6) is 0.892. The largest absolute Gasteiger partial charge is 0.337 e. The lowest BCUT2D eigenvalue weighted by atomic mass is 9.98. The van der Waals surface area contributed by atoms with Gasteiger partial charge < -0.3 is 10.2 Å². The van der Waals surface area contributed by atoms with Gasteiger partial charge in [-0.25, -0.2) is 0 Å². The maximum Gasteiger partial charge on any atom is 0.274 e. The van der Waals surface area contributed by atoms with Crippen molar-refractivity contribution in [3.8, 4) is 0 Å². The number of likely N-dealkylation sites (tertiary alicyclic amines) is 1. The summed E-state index contributed by atoms with van der Waals surface area (Å²) >= 11 is 0. The third-order valence-electron chi connectivity index (χ3n) is 5.18. The van der Waals surface area contributed by atoms with Crippen molar-refractivity contribution in [2.75, 3.05) is 26.2 Å². The SMILES string of the molecule is CCC1CCCN(C(=O)c2ccn(C3CCCNC3)n2)CC1.Cl. The fraction of sp³-hybridized carbons (Fsp3) is 0.765. The topological polar surface area (TPSA) is 50.2 Å². The molecule has 1 aromatic rings. The van der Waals surface area contributed by atoms with Gasteiger partial charge in [0.05, 0.1) is 6.04 Å². The molecule has 2 saturated heterocycles. The lowest BCUT2D eigenvalue weighted by molar-refractivity contribution is 0.0752. The Morgan fingerprint density at radius 3 is 2.91 bits per heavy atom. The molecule has 0 radical (unpaired) electrons. The van der Waals surface area contributed by atoms with E-state index in [1.807, 2.05) is 21.8 Å². The number of nitrogens with zero attached hydrogens (tertiary/aromatic N) is 3. The number of nitrogens with one attached hydrogen (secondary N) is 1. The lowest BCUT2D eigenvalue weighted by Crippen LogP contribution is -2.33. The molecule has 1 N–H and O–H groups in total. The molecule has 2 aliphatic rings. The van der Waals surface area contributed by atoms with E-state index in [0.29, 0.717) is 11.7 Å². The first-order valence-electron chi connectivity index (χ1n) is 8.83. The quantitative estimate of drug-likeness (QED) is 0.920. The molecule has 3 rings (SSSR count). The average Bonchev–Trinajstić information content (AvgIpc) is 2.94. The Hall–Kier alpha value is -1.07. The van der Waals surface area contributed by atoms with Crippen LogP contribution >= 0.6 is 12.4 Å². The van der Waals surface area contributed by atoms with E-state index >= 15 is 0 Å². The van der Waals surface area contributed by atoms with Crippen LogP contribution in [0.1, 0.15) is 62.0 Å². The van der Waals surface area contributed by atoms with Crippen LogP contribution in [0, 0.1) is 5.92 Å². The third-order valence-corrected chi connectivity index (χ3v) is 5.18. The molecule has 3 heterocycles. The molecule has 1 aromatic heterocycles. The van der Waals surface area contributed by atoms with Gasteiger partial charge >= 0.3 is 0 Å². The molecule has 2 atom stereocenters. The number of carbonyl (C=O) groups is 1. The molecule has 2 aliphatic heterocycles. The van der Waals surface area contributed by atoms with E-state index in [0.717, 1.165) is 51.4 Å². The first kappa shape index (κ1) is 18.3. The van der Waals surface area contributed by atoms with Gasteiger partial charge in [0.15, 0.2) is 0 Å². The number of halogens is 1. The number of piperidine rings is 1. The zero-order valence-corrected chi connectivity index (χ0v) is 14.9. The van der Waals surface area contributed by atoms with Crippen LogP contribution in [-0.4, -0.2) is 46.8 Å². The predicted molar refractivity (Wildman–Crippen MR) is 94.2 cm³/mol. The van der Waals surface area contributed by atoms with E-state index < -0.39 is 0 Å². The van der Waals surface area contributed by atoms with Crippen LogP contribution in [0.25, 0.3) is 0 Å².